The Balaban J connectivity index is 1.88. The van der Waals surface area contributed by atoms with E-state index in [0.717, 1.165) is 29.6 Å². The van der Waals surface area contributed by atoms with Crippen LogP contribution >= 0.6 is 11.8 Å². The molecule has 1 aromatic carbocycles. The first-order valence-electron chi connectivity index (χ1n) is 5.59. The summed E-state index contributed by atoms with van der Waals surface area (Å²) in [6.45, 7) is 2.00. The number of amides is 1. The molecule has 5 heteroatoms. The molecule has 3 rings (SSSR count). The zero-order valence-corrected chi connectivity index (χ0v) is 10.1. The molecule has 0 radical (unpaired) electrons. The van der Waals surface area contributed by atoms with E-state index in [9.17, 15) is 4.79 Å². The van der Waals surface area contributed by atoms with Crippen molar-refractivity contribution in [3.63, 3.8) is 0 Å². The number of carbonyl (C=O) groups is 1. The molecular weight excluding hydrogens is 234 g/mol. The van der Waals surface area contributed by atoms with Crippen LogP contribution in [0.1, 0.15) is 22.0 Å². The number of fused-ring (bicyclic) bond motifs is 1. The normalized spacial score (nSPS) is 22.5. The molecule has 0 saturated carbocycles. The first kappa shape index (κ1) is 10.7. The van der Waals surface area contributed by atoms with Crippen molar-refractivity contribution < 1.29 is 4.79 Å². The van der Waals surface area contributed by atoms with E-state index in [1.807, 2.05) is 18.2 Å². The molecule has 1 aromatic rings. The highest BCUT2D eigenvalue weighted by Gasteiger charge is 2.30. The molecule has 2 aliphatic heterocycles. The van der Waals surface area contributed by atoms with Gasteiger partial charge in [0.1, 0.15) is 0 Å². The number of benzene rings is 1. The minimum atomic E-state index is -0.382. The van der Waals surface area contributed by atoms with Crippen molar-refractivity contribution in [3.05, 3.63) is 35.4 Å². The molecule has 4 nitrogen and oxygen atoms in total. The number of carbonyl (C=O) groups excluding carboxylic acids is 1. The van der Waals surface area contributed by atoms with Gasteiger partial charge in [0.15, 0.2) is 5.17 Å². The molecule has 0 aliphatic carbocycles. The third-order valence-electron chi connectivity index (χ3n) is 3.08. The van der Waals surface area contributed by atoms with Crippen LogP contribution in [-0.4, -0.2) is 34.8 Å². The Labute approximate surface area is 104 Å². The maximum absolute atomic E-state index is 11.1. The van der Waals surface area contributed by atoms with E-state index in [1.54, 1.807) is 17.8 Å². The zero-order chi connectivity index (χ0) is 11.8. The minimum absolute atomic E-state index is 0.150. The van der Waals surface area contributed by atoms with Gasteiger partial charge in [0.2, 0.25) is 5.91 Å². The number of nitrogens with zero attached hydrogens (tertiary/aromatic N) is 2. The van der Waals surface area contributed by atoms with E-state index in [4.69, 9.17) is 5.73 Å². The quantitative estimate of drug-likeness (QED) is 0.855. The standard InChI is InChI=1S/C12H13N3OS/c13-11(16)9-3-1-2-8(6-9)10-7-15-4-5-17-12(15)14-10/h1-3,6,10H,4-5,7H2,(H2,13,16). The largest absolute Gasteiger partial charge is 0.366 e. The predicted octanol–water partition coefficient (Wildman–Crippen LogP) is 1.25. The van der Waals surface area contributed by atoms with Crippen molar-refractivity contribution in [2.45, 2.75) is 6.04 Å². The lowest BCUT2D eigenvalue weighted by molar-refractivity contribution is 0.1000. The van der Waals surface area contributed by atoms with E-state index < -0.39 is 0 Å². The highest BCUT2D eigenvalue weighted by atomic mass is 32.2. The zero-order valence-electron chi connectivity index (χ0n) is 9.30. The van der Waals surface area contributed by atoms with Crippen molar-refractivity contribution >= 4 is 22.8 Å². The van der Waals surface area contributed by atoms with Crippen molar-refractivity contribution in [3.8, 4) is 0 Å². The fraction of sp³-hybridized carbons (Fsp3) is 0.333. The lowest BCUT2D eigenvalue weighted by atomic mass is 10.0. The second-order valence-electron chi connectivity index (χ2n) is 4.21. The fourth-order valence-corrected chi connectivity index (χ4v) is 3.23. The third kappa shape index (κ3) is 1.91. The molecule has 2 N–H and O–H groups in total. The van der Waals surface area contributed by atoms with Crippen molar-refractivity contribution in [2.75, 3.05) is 18.8 Å². The van der Waals surface area contributed by atoms with Crippen LogP contribution in [0.4, 0.5) is 0 Å². The van der Waals surface area contributed by atoms with Crippen LogP contribution < -0.4 is 5.73 Å². The highest BCUT2D eigenvalue weighted by molar-refractivity contribution is 8.14. The molecule has 0 spiro atoms. The van der Waals surface area contributed by atoms with Crippen LogP contribution in [0.3, 0.4) is 0 Å². The van der Waals surface area contributed by atoms with E-state index in [1.165, 1.54) is 0 Å². The Bertz CT molecular complexity index is 500. The summed E-state index contributed by atoms with van der Waals surface area (Å²) in [6, 6.07) is 7.62. The molecule has 1 atom stereocenters. The first-order chi connectivity index (χ1) is 8.24. The Hall–Kier alpha value is -1.49. The molecule has 17 heavy (non-hydrogen) atoms. The van der Waals surface area contributed by atoms with Gasteiger partial charge < -0.3 is 10.6 Å². The second-order valence-corrected chi connectivity index (χ2v) is 5.27. The van der Waals surface area contributed by atoms with Crippen molar-refractivity contribution in [1.29, 1.82) is 0 Å². The second kappa shape index (κ2) is 4.07. The number of amidine groups is 1. The van der Waals surface area contributed by atoms with Crippen LogP contribution in [0.5, 0.6) is 0 Å². The molecule has 1 unspecified atom stereocenters. The van der Waals surface area contributed by atoms with Crippen molar-refractivity contribution in [2.24, 2.45) is 10.7 Å². The van der Waals surface area contributed by atoms with Gasteiger partial charge in [-0.25, -0.2) is 0 Å². The highest BCUT2D eigenvalue weighted by Crippen LogP contribution is 2.32. The maximum atomic E-state index is 11.1. The van der Waals surface area contributed by atoms with E-state index in [-0.39, 0.29) is 11.9 Å². The molecule has 1 amide bonds. The van der Waals surface area contributed by atoms with Crippen molar-refractivity contribution in [1.82, 2.24) is 4.90 Å². The number of nitrogens with two attached hydrogens (primary N) is 1. The summed E-state index contributed by atoms with van der Waals surface area (Å²) >= 11 is 1.81. The average Bonchev–Trinajstić information content (AvgIpc) is 2.89. The van der Waals surface area contributed by atoms with E-state index >= 15 is 0 Å². The van der Waals surface area contributed by atoms with Gasteiger partial charge in [0.05, 0.1) is 6.04 Å². The number of primary amides is 1. The predicted molar refractivity (Wildman–Crippen MR) is 69.2 cm³/mol. The lowest BCUT2D eigenvalue weighted by Crippen LogP contribution is -2.22. The van der Waals surface area contributed by atoms with E-state index in [0.29, 0.717) is 5.56 Å². The van der Waals surface area contributed by atoms with Gasteiger partial charge in [0, 0.05) is 24.4 Å². The molecule has 1 fully saturated rings. The number of aliphatic imine (C=N–C) groups is 1. The summed E-state index contributed by atoms with van der Waals surface area (Å²) in [5, 5.41) is 1.14. The molecule has 2 heterocycles. The van der Waals surface area contributed by atoms with Crippen LogP contribution in [0.2, 0.25) is 0 Å². The molecule has 0 aromatic heterocycles. The smallest absolute Gasteiger partial charge is 0.248 e. The fourth-order valence-electron chi connectivity index (χ4n) is 2.18. The van der Waals surface area contributed by atoms with E-state index in [2.05, 4.69) is 9.89 Å². The van der Waals surface area contributed by atoms with Crippen LogP contribution in [0.25, 0.3) is 0 Å². The van der Waals surface area contributed by atoms with Crippen LogP contribution in [-0.2, 0) is 0 Å². The van der Waals surface area contributed by atoms with Gasteiger partial charge >= 0.3 is 0 Å². The minimum Gasteiger partial charge on any atom is -0.366 e. The number of hydrogen-bond acceptors (Lipinski definition) is 4. The summed E-state index contributed by atoms with van der Waals surface area (Å²) in [7, 11) is 0. The number of hydrogen-bond donors (Lipinski definition) is 1. The van der Waals surface area contributed by atoms with Gasteiger partial charge in [-0.05, 0) is 17.7 Å². The monoisotopic (exact) mass is 247 g/mol. The maximum Gasteiger partial charge on any atom is 0.248 e. The summed E-state index contributed by atoms with van der Waals surface area (Å²) in [4.78, 5) is 18.1. The summed E-state index contributed by atoms with van der Waals surface area (Å²) in [6.07, 6.45) is 0. The van der Waals surface area contributed by atoms with Gasteiger partial charge in [-0.3, -0.25) is 9.79 Å². The van der Waals surface area contributed by atoms with Crippen LogP contribution in [0.15, 0.2) is 29.3 Å². The van der Waals surface area contributed by atoms with Crippen LogP contribution in [0, 0.1) is 0 Å². The lowest BCUT2D eigenvalue weighted by Gasteiger charge is -2.13. The number of thioether (sulfide) groups is 1. The Kier molecular flexibility index (Phi) is 2.55. The SMILES string of the molecule is NC(=O)c1cccc(C2CN3CCSC3=N2)c1. The molecule has 2 aliphatic rings. The van der Waals surface area contributed by atoms with Gasteiger partial charge in [0.25, 0.3) is 0 Å². The topological polar surface area (TPSA) is 58.7 Å². The molecule has 1 saturated heterocycles. The van der Waals surface area contributed by atoms with Gasteiger partial charge in [-0.1, -0.05) is 23.9 Å². The van der Waals surface area contributed by atoms with Gasteiger partial charge in [-0.2, -0.15) is 0 Å². The Morgan fingerprint density at radius 3 is 3.18 bits per heavy atom. The Morgan fingerprint density at radius 1 is 1.53 bits per heavy atom. The third-order valence-corrected chi connectivity index (χ3v) is 4.09. The Morgan fingerprint density at radius 2 is 2.41 bits per heavy atom. The molecule has 0 bridgehead atoms. The van der Waals surface area contributed by atoms with Gasteiger partial charge in [-0.15, -0.1) is 0 Å². The average molecular weight is 247 g/mol. The summed E-state index contributed by atoms with van der Waals surface area (Å²) in [5.41, 5.74) is 6.91. The first-order valence-corrected chi connectivity index (χ1v) is 6.58. The molecule has 88 valence electrons. The summed E-state index contributed by atoms with van der Waals surface area (Å²) in [5.74, 6) is 0.750. The number of rotatable bonds is 2. The summed E-state index contributed by atoms with van der Waals surface area (Å²) < 4.78 is 0. The molecular formula is C12H13N3OS.